The van der Waals surface area contributed by atoms with Crippen molar-refractivity contribution in [3.8, 4) is 11.3 Å². The molecule has 1 N–H and O–H groups in total. The molecule has 3 rings (SSSR count). The zero-order valence-electron chi connectivity index (χ0n) is 15.8. The Labute approximate surface area is 171 Å². The third-order valence-corrected chi connectivity index (χ3v) is 6.02. The van der Waals surface area contributed by atoms with E-state index in [1.165, 1.54) is 6.07 Å². The first-order valence-corrected chi connectivity index (χ1v) is 10.8. The predicted octanol–water partition coefficient (Wildman–Crippen LogP) is 5.39. The number of ether oxygens (including phenoxy) is 1. The third-order valence-electron chi connectivity index (χ3n) is 4.37. The molecule has 8 heteroatoms. The van der Waals surface area contributed by atoms with Gasteiger partial charge in [-0.25, -0.2) is 14.2 Å². The number of benzene rings is 1. The van der Waals surface area contributed by atoms with Crippen LogP contribution in [0.25, 0.3) is 11.3 Å². The van der Waals surface area contributed by atoms with E-state index in [-0.39, 0.29) is 18.0 Å². The average Bonchev–Trinajstić information content (AvgIpc) is 3.22. The van der Waals surface area contributed by atoms with E-state index < -0.39 is 5.60 Å². The van der Waals surface area contributed by atoms with Crippen LogP contribution in [0.3, 0.4) is 0 Å². The number of thioether (sulfide) groups is 1. The molecule has 1 amide bonds. The number of halogens is 2. The van der Waals surface area contributed by atoms with Gasteiger partial charge < -0.3 is 9.72 Å². The Kier molecular flexibility index (Phi) is 5.86. The number of hydrogen-bond donors (Lipinski definition) is 1. The Morgan fingerprint density at radius 2 is 2.19 bits per heavy atom. The van der Waals surface area contributed by atoms with Crippen LogP contribution in [0.1, 0.15) is 39.1 Å². The lowest BCUT2D eigenvalue weighted by Gasteiger charge is -2.27. The number of amides is 1. The summed E-state index contributed by atoms with van der Waals surface area (Å²) in [7, 11) is 0. The fourth-order valence-corrected chi connectivity index (χ4v) is 4.00. The molecular weight excluding hydrogens is 433 g/mol. The monoisotopic (exact) mass is 455 g/mol. The lowest BCUT2D eigenvalue weighted by molar-refractivity contribution is 0.0219. The second kappa shape index (κ2) is 7.83. The molecule has 5 nitrogen and oxygen atoms in total. The van der Waals surface area contributed by atoms with Gasteiger partial charge in [-0.15, -0.1) is 0 Å². The van der Waals surface area contributed by atoms with E-state index in [9.17, 15) is 9.18 Å². The van der Waals surface area contributed by atoms with E-state index >= 15 is 0 Å². The first-order valence-electron chi connectivity index (χ1n) is 8.70. The zero-order chi connectivity index (χ0) is 19.8. The van der Waals surface area contributed by atoms with Gasteiger partial charge in [0.2, 0.25) is 0 Å². The molecular formula is C19H23BrFN3O2S. The molecule has 2 heterocycles. The molecule has 0 spiro atoms. The van der Waals surface area contributed by atoms with Gasteiger partial charge in [-0.1, -0.05) is 6.07 Å². The molecule has 146 valence electrons. The van der Waals surface area contributed by atoms with Gasteiger partial charge in [0, 0.05) is 17.4 Å². The Morgan fingerprint density at radius 3 is 2.81 bits per heavy atom. The molecule has 0 aliphatic carbocycles. The van der Waals surface area contributed by atoms with Gasteiger partial charge in [0.1, 0.15) is 17.2 Å². The minimum absolute atomic E-state index is 0.189. The van der Waals surface area contributed by atoms with Gasteiger partial charge in [-0.3, -0.25) is 4.90 Å². The van der Waals surface area contributed by atoms with Crippen LogP contribution in [0.2, 0.25) is 0 Å². The van der Waals surface area contributed by atoms with Crippen molar-refractivity contribution in [2.45, 2.75) is 44.1 Å². The zero-order valence-corrected chi connectivity index (χ0v) is 18.2. The highest BCUT2D eigenvalue weighted by atomic mass is 79.9. The number of likely N-dealkylation sites (tertiary alicyclic amines) is 1. The molecule has 0 bridgehead atoms. The van der Waals surface area contributed by atoms with Crippen molar-refractivity contribution in [1.29, 1.82) is 0 Å². The Balaban J connectivity index is 1.85. The van der Waals surface area contributed by atoms with E-state index in [4.69, 9.17) is 4.74 Å². The Morgan fingerprint density at radius 1 is 1.44 bits per heavy atom. The first-order chi connectivity index (χ1) is 12.7. The standard InChI is InChI=1S/C19H23BrFN3O2S/c1-19(2,3)26-18(25)24-10-12(27-4)8-16(24)17-22-9-15(23-17)11-5-6-13(20)14(21)7-11/h5-7,9,12,16H,8,10H2,1-4H3,(H,22,23). The molecule has 1 saturated heterocycles. The molecule has 0 radical (unpaired) electrons. The summed E-state index contributed by atoms with van der Waals surface area (Å²) in [5.41, 5.74) is 0.869. The summed E-state index contributed by atoms with van der Waals surface area (Å²) in [5.74, 6) is 0.359. The number of aromatic amines is 1. The quantitative estimate of drug-likeness (QED) is 0.673. The van der Waals surface area contributed by atoms with Gasteiger partial charge in [0.25, 0.3) is 0 Å². The van der Waals surface area contributed by atoms with E-state index in [2.05, 4.69) is 25.9 Å². The van der Waals surface area contributed by atoms with Crippen molar-refractivity contribution in [1.82, 2.24) is 14.9 Å². The Hall–Kier alpha value is -1.54. The van der Waals surface area contributed by atoms with Crippen molar-refractivity contribution in [2.75, 3.05) is 12.8 Å². The molecule has 2 aromatic rings. The number of H-pyrrole nitrogens is 1. The number of carbonyl (C=O) groups is 1. The van der Waals surface area contributed by atoms with Gasteiger partial charge in [0.05, 0.1) is 22.4 Å². The summed E-state index contributed by atoms with van der Waals surface area (Å²) in [6, 6.07) is 4.74. The summed E-state index contributed by atoms with van der Waals surface area (Å²) in [6.07, 6.45) is 4.18. The van der Waals surface area contributed by atoms with Crippen LogP contribution in [-0.4, -0.2) is 44.6 Å². The number of nitrogens with zero attached hydrogens (tertiary/aromatic N) is 2. The normalized spacial score (nSPS) is 20.1. The van der Waals surface area contributed by atoms with Crippen LogP contribution in [0.4, 0.5) is 9.18 Å². The summed E-state index contributed by atoms with van der Waals surface area (Å²) in [6.45, 7) is 6.18. The molecule has 1 aromatic heterocycles. The van der Waals surface area contributed by atoms with Crippen LogP contribution < -0.4 is 0 Å². The van der Waals surface area contributed by atoms with E-state index in [0.717, 1.165) is 6.42 Å². The highest BCUT2D eigenvalue weighted by Crippen LogP contribution is 2.37. The maximum Gasteiger partial charge on any atom is 0.410 e. The lowest BCUT2D eigenvalue weighted by Crippen LogP contribution is -2.37. The highest BCUT2D eigenvalue weighted by molar-refractivity contribution is 9.10. The van der Waals surface area contributed by atoms with Crippen molar-refractivity contribution < 1.29 is 13.9 Å². The van der Waals surface area contributed by atoms with E-state index in [1.807, 2.05) is 33.1 Å². The predicted molar refractivity (Wildman–Crippen MR) is 109 cm³/mol. The number of carbonyl (C=O) groups excluding carboxylic acids is 1. The fourth-order valence-electron chi connectivity index (χ4n) is 3.07. The third kappa shape index (κ3) is 4.66. The number of hydrogen-bond acceptors (Lipinski definition) is 4. The van der Waals surface area contributed by atoms with E-state index in [0.29, 0.717) is 33.3 Å². The summed E-state index contributed by atoms with van der Waals surface area (Å²) < 4.78 is 19.8. The maximum absolute atomic E-state index is 13.8. The minimum atomic E-state index is -0.553. The number of nitrogens with one attached hydrogen (secondary N) is 1. The summed E-state index contributed by atoms with van der Waals surface area (Å²) in [4.78, 5) is 22.1. The number of aromatic nitrogens is 2. The molecule has 1 aliphatic heterocycles. The molecule has 27 heavy (non-hydrogen) atoms. The molecule has 0 saturated carbocycles. The lowest BCUT2D eigenvalue weighted by atomic mass is 10.1. The van der Waals surface area contributed by atoms with Crippen molar-refractivity contribution >= 4 is 33.8 Å². The van der Waals surface area contributed by atoms with Crippen molar-refractivity contribution in [3.05, 3.63) is 40.5 Å². The van der Waals surface area contributed by atoms with Gasteiger partial charge in [0.15, 0.2) is 0 Å². The minimum Gasteiger partial charge on any atom is -0.444 e. The largest absolute Gasteiger partial charge is 0.444 e. The van der Waals surface area contributed by atoms with Gasteiger partial charge in [-0.2, -0.15) is 11.8 Å². The maximum atomic E-state index is 13.8. The number of rotatable bonds is 3. The number of imidazole rings is 1. The van der Waals surface area contributed by atoms with E-state index in [1.54, 1.807) is 28.9 Å². The fraction of sp³-hybridized carbons (Fsp3) is 0.474. The molecule has 2 atom stereocenters. The van der Waals surface area contributed by atoms with Crippen LogP contribution in [0.15, 0.2) is 28.9 Å². The first kappa shape index (κ1) is 20.2. The van der Waals surface area contributed by atoms with Crippen molar-refractivity contribution in [3.63, 3.8) is 0 Å². The average molecular weight is 456 g/mol. The van der Waals surface area contributed by atoms with Gasteiger partial charge >= 0.3 is 6.09 Å². The summed E-state index contributed by atoms with van der Waals surface area (Å²) in [5, 5.41) is 0.321. The smallest absolute Gasteiger partial charge is 0.410 e. The molecule has 1 aromatic carbocycles. The SMILES string of the molecule is CSC1CC(c2ncc(-c3ccc(Br)c(F)c3)[nH]2)N(C(=O)OC(C)(C)C)C1. The summed E-state index contributed by atoms with van der Waals surface area (Å²) >= 11 is 4.89. The van der Waals surface area contributed by atoms with Crippen LogP contribution >= 0.6 is 27.7 Å². The van der Waals surface area contributed by atoms with Crippen LogP contribution in [0.5, 0.6) is 0 Å². The van der Waals surface area contributed by atoms with Crippen LogP contribution in [0, 0.1) is 5.82 Å². The highest BCUT2D eigenvalue weighted by Gasteiger charge is 2.39. The van der Waals surface area contributed by atoms with Gasteiger partial charge in [-0.05, 0) is 61.5 Å². The van der Waals surface area contributed by atoms with Crippen molar-refractivity contribution in [2.24, 2.45) is 0 Å². The molecule has 1 fully saturated rings. The van der Waals surface area contributed by atoms with Crippen LogP contribution in [-0.2, 0) is 4.74 Å². The topological polar surface area (TPSA) is 58.2 Å². The molecule has 2 unspecified atom stereocenters. The molecule has 1 aliphatic rings. The second-order valence-corrected chi connectivity index (χ2v) is 9.55. The Bertz CT molecular complexity index is 837. The second-order valence-electron chi connectivity index (χ2n) is 7.55.